The van der Waals surface area contributed by atoms with Crippen molar-refractivity contribution in [3.05, 3.63) is 23.9 Å². The van der Waals surface area contributed by atoms with E-state index in [4.69, 9.17) is 4.74 Å². The van der Waals surface area contributed by atoms with Crippen LogP contribution in [0.25, 0.3) is 10.9 Å². The number of benzene rings is 1. The van der Waals surface area contributed by atoms with Crippen LogP contribution in [0.1, 0.15) is 51.6 Å². The van der Waals surface area contributed by atoms with Crippen LogP contribution >= 0.6 is 0 Å². The SMILES string of the molecule is CCCCN(C)Cc1[nH]nc2cccc(OCCCC(O)CC)c12. The first-order chi connectivity index (χ1) is 11.7. The molecule has 0 amide bonds. The van der Waals surface area contributed by atoms with Gasteiger partial charge in [-0.05, 0) is 51.4 Å². The minimum atomic E-state index is -0.221. The first kappa shape index (κ1) is 18.7. The van der Waals surface area contributed by atoms with Crippen molar-refractivity contribution in [3.63, 3.8) is 0 Å². The van der Waals surface area contributed by atoms with E-state index in [-0.39, 0.29) is 6.10 Å². The highest BCUT2D eigenvalue weighted by atomic mass is 16.5. The van der Waals surface area contributed by atoms with Gasteiger partial charge in [-0.3, -0.25) is 5.10 Å². The van der Waals surface area contributed by atoms with Crippen molar-refractivity contribution in [2.24, 2.45) is 0 Å². The molecule has 2 aromatic rings. The number of rotatable bonds is 11. The maximum absolute atomic E-state index is 9.63. The van der Waals surface area contributed by atoms with Gasteiger partial charge in [0.25, 0.3) is 0 Å². The quantitative estimate of drug-likeness (QED) is 0.615. The number of unbranched alkanes of at least 4 members (excludes halogenated alkanes) is 1. The largest absolute Gasteiger partial charge is 0.493 e. The molecule has 1 unspecified atom stereocenters. The van der Waals surface area contributed by atoms with Crippen molar-refractivity contribution in [1.82, 2.24) is 15.1 Å². The Hall–Kier alpha value is -1.59. The normalized spacial score (nSPS) is 12.9. The van der Waals surface area contributed by atoms with Crippen LogP contribution in [0.3, 0.4) is 0 Å². The number of ether oxygens (including phenoxy) is 1. The van der Waals surface area contributed by atoms with E-state index in [9.17, 15) is 5.11 Å². The van der Waals surface area contributed by atoms with Gasteiger partial charge in [0.15, 0.2) is 0 Å². The number of hydrogen-bond donors (Lipinski definition) is 2. The van der Waals surface area contributed by atoms with Crippen LogP contribution < -0.4 is 4.74 Å². The van der Waals surface area contributed by atoms with Crippen LogP contribution in [0.4, 0.5) is 0 Å². The fraction of sp³-hybridized carbons (Fsp3) is 0.632. The van der Waals surface area contributed by atoms with Gasteiger partial charge in [0.1, 0.15) is 5.75 Å². The minimum absolute atomic E-state index is 0.221. The molecular formula is C19H31N3O2. The Morgan fingerprint density at radius 1 is 1.29 bits per heavy atom. The van der Waals surface area contributed by atoms with Crippen molar-refractivity contribution in [2.75, 3.05) is 20.2 Å². The van der Waals surface area contributed by atoms with Gasteiger partial charge in [-0.25, -0.2) is 0 Å². The predicted molar refractivity (Wildman–Crippen MR) is 98.4 cm³/mol. The molecule has 0 saturated carbocycles. The van der Waals surface area contributed by atoms with Gasteiger partial charge in [-0.1, -0.05) is 26.3 Å². The average Bonchev–Trinajstić information content (AvgIpc) is 3.00. The molecule has 1 aromatic heterocycles. The van der Waals surface area contributed by atoms with E-state index >= 15 is 0 Å². The van der Waals surface area contributed by atoms with Crippen LogP contribution in [-0.4, -0.2) is 46.5 Å². The fourth-order valence-corrected chi connectivity index (χ4v) is 2.82. The van der Waals surface area contributed by atoms with E-state index in [0.29, 0.717) is 6.61 Å². The van der Waals surface area contributed by atoms with Crippen LogP contribution in [0.2, 0.25) is 0 Å². The van der Waals surface area contributed by atoms with Crippen LogP contribution in [0, 0.1) is 0 Å². The fourth-order valence-electron chi connectivity index (χ4n) is 2.82. The highest BCUT2D eigenvalue weighted by Gasteiger charge is 2.13. The number of aromatic nitrogens is 2. The van der Waals surface area contributed by atoms with Gasteiger partial charge in [0.05, 0.1) is 29.3 Å². The molecule has 2 rings (SSSR count). The van der Waals surface area contributed by atoms with Crippen molar-refractivity contribution in [1.29, 1.82) is 0 Å². The second-order valence-corrected chi connectivity index (χ2v) is 6.50. The third-order valence-corrected chi connectivity index (χ3v) is 4.35. The van der Waals surface area contributed by atoms with E-state index in [2.05, 4.69) is 29.1 Å². The van der Waals surface area contributed by atoms with E-state index < -0.39 is 0 Å². The molecule has 0 aliphatic carbocycles. The van der Waals surface area contributed by atoms with Gasteiger partial charge >= 0.3 is 0 Å². The molecule has 5 heteroatoms. The molecule has 0 spiro atoms. The Labute approximate surface area is 145 Å². The molecule has 134 valence electrons. The maximum atomic E-state index is 9.63. The smallest absolute Gasteiger partial charge is 0.130 e. The number of nitrogens with one attached hydrogen (secondary N) is 1. The lowest BCUT2D eigenvalue weighted by Crippen LogP contribution is -2.19. The number of aromatic amines is 1. The summed E-state index contributed by atoms with van der Waals surface area (Å²) in [5, 5.41) is 18.3. The summed E-state index contributed by atoms with van der Waals surface area (Å²) in [6.07, 6.45) is 4.61. The Morgan fingerprint density at radius 2 is 2.12 bits per heavy atom. The molecule has 0 bridgehead atoms. The molecule has 1 atom stereocenters. The number of fused-ring (bicyclic) bond motifs is 1. The summed E-state index contributed by atoms with van der Waals surface area (Å²) in [5.74, 6) is 0.881. The summed E-state index contributed by atoms with van der Waals surface area (Å²) >= 11 is 0. The number of aliphatic hydroxyl groups is 1. The molecule has 0 saturated heterocycles. The summed E-state index contributed by atoms with van der Waals surface area (Å²) in [6, 6.07) is 5.99. The zero-order valence-electron chi connectivity index (χ0n) is 15.2. The average molecular weight is 333 g/mol. The molecular weight excluding hydrogens is 302 g/mol. The zero-order chi connectivity index (χ0) is 17.4. The van der Waals surface area contributed by atoms with Gasteiger partial charge in [-0.15, -0.1) is 0 Å². The number of nitrogens with zero attached hydrogens (tertiary/aromatic N) is 2. The molecule has 0 fully saturated rings. The van der Waals surface area contributed by atoms with Gasteiger partial charge in [0, 0.05) is 6.54 Å². The topological polar surface area (TPSA) is 61.4 Å². The van der Waals surface area contributed by atoms with E-state index in [0.717, 1.165) is 54.7 Å². The Balaban J connectivity index is 2.03. The van der Waals surface area contributed by atoms with Crippen LogP contribution in [-0.2, 0) is 6.54 Å². The maximum Gasteiger partial charge on any atom is 0.130 e. The Bertz CT molecular complexity index is 612. The summed E-state index contributed by atoms with van der Waals surface area (Å²) in [6.45, 7) is 6.74. The van der Waals surface area contributed by atoms with E-state index in [1.54, 1.807) is 0 Å². The van der Waals surface area contributed by atoms with Crippen molar-refractivity contribution >= 4 is 10.9 Å². The lowest BCUT2D eigenvalue weighted by atomic mass is 10.1. The number of H-pyrrole nitrogens is 1. The zero-order valence-corrected chi connectivity index (χ0v) is 15.2. The monoisotopic (exact) mass is 333 g/mol. The molecule has 1 aromatic carbocycles. The summed E-state index contributed by atoms with van der Waals surface area (Å²) in [5.41, 5.74) is 2.05. The van der Waals surface area contributed by atoms with E-state index in [1.165, 1.54) is 12.8 Å². The van der Waals surface area contributed by atoms with Gasteiger partial charge < -0.3 is 14.7 Å². The summed E-state index contributed by atoms with van der Waals surface area (Å²) in [4.78, 5) is 2.31. The van der Waals surface area contributed by atoms with Crippen molar-refractivity contribution in [2.45, 2.75) is 58.6 Å². The first-order valence-electron chi connectivity index (χ1n) is 9.11. The third kappa shape index (κ3) is 5.21. The summed E-state index contributed by atoms with van der Waals surface area (Å²) in [7, 11) is 2.14. The predicted octanol–water partition coefficient (Wildman–Crippen LogP) is 3.72. The molecule has 0 aliphatic rings. The molecule has 1 heterocycles. The second-order valence-electron chi connectivity index (χ2n) is 6.50. The van der Waals surface area contributed by atoms with E-state index in [1.807, 2.05) is 25.1 Å². The lowest BCUT2D eigenvalue weighted by molar-refractivity contribution is 0.149. The molecule has 24 heavy (non-hydrogen) atoms. The second kappa shape index (κ2) is 9.64. The highest BCUT2D eigenvalue weighted by molar-refractivity contribution is 5.87. The highest BCUT2D eigenvalue weighted by Crippen LogP contribution is 2.28. The molecule has 5 nitrogen and oxygen atoms in total. The lowest BCUT2D eigenvalue weighted by Gasteiger charge is -2.16. The molecule has 0 radical (unpaired) electrons. The summed E-state index contributed by atoms with van der Waals surface area (Å²) < 4.78 is 5.99. The Morgan fingerprint density at radius 3 is 2.88 bits per heavy atom. The number of aliphatic hydroxyl groups excluding tert-OH is 1. The third-order valence-electron chi connectivity index (χ3n) is 4.35. The van der Waals surface area contributed by atoms with Crippen LogP contribution in [0.5, 0.6) is 5.75 Å². The number of hydrogen-bond acceptors (Lipinski definition) is 4. The van der Waals surface area contributed by atoms with Gasteiger partial charge in [-0.2, -0.15) is 5.10 Å². The van der Waals surface area contributed by atoms with Crippen LogP contribution in [0.15, 0.2) is 18.2 Å². The van der Waals surface area contributed by atoms with Gasteiger partial charge in [0.2, 0.25) is 0 Å². The minimum Gasteiger partial charge on any atom is -0.493 e. The van der Waals surface area contributed by atoms with Crippen molar-refractivity contribution < 1.29 is 9.84 Å². The Kier molecular flexibility index (Phi) is 7.53. The standard InChI is InChI=1S/C19H31N3O2/c1-4-6-12-22(3)14-17-19-16(20-21-17)10-7-11-18(19)24-13-8-9-15(23)5-2/h7,10-11,15,23H,4-6,8-9,12-14H2,1-3H3,(H,20,21). The first-order valence-corrected chi connectivity index (χ1v) is 9.11. The molecule has 0 aliphatic heterocycles. The molecule has 2 N–H and O–H groups in total. The van der Waals surface area contributed by atoms with Crippen molar-refractivity contribution in [3.8, 4) is 5.75 Å².